The number of rotatable bonds is 2. The molecule has 2 aromatic carbocycles. The summed E-state index contributed by atoms with van der Waals surface area (Å²) in [6.07, 6.45) is 2.64. The lowest BCUT2D eigenvalue weighted by Crippen LogP contribution is -2.16. The van der Waals surface area contributed by atoms with E-state index in [0.717, 1.165) is 29.6 Å². The van der Waals surface area contributed by atoms with Gasteiger partial charge in [0.25, 0.3) is 0 Å². The number of nitrogens with zero attached hydrogens (tertiary/aromatic N) is 1. The highest BCUT2D eigenvalue weighted by Gasteiger charge is 2.26. The standard InChI is InChI=1S/C20H18BrNO/c1-13-9-10-18-16(11-13)15-6-4-8-19(23)20(15)22(18)12-14-5-2-3-7-17(14)21/h2-3,5,7,9-11H,4,6,8,12H2,1H3. The van der Waals surface area contributed by atoms with E-state index in [-0.39, 0.29) is 5.78 Å². The predicted molar refractivity (Wildman–Crippen MR) is 97.2 cm³/mol. The van der Waals surface area contributed by atoms with E-state index in [1.165, 1.54) is 27.6 Å². The summed E-state index contributed by atoms with van der Waals surface area (Å²) in [6.45, 7) is 2.84. The first-order chi connectivity index (χ1) is 11.1. The van der Waals surface area contributed by atoms with Crippen LogP contribution in [-0.2, 0) is 13.0 Å². The van der Waals surface area contributed by atoms with Gasteiger partial charge in [0.1, 0.15) is 0 Å². The van der Waals surface area contributed by atoms with E-state index < -0.39 is 0 Å². The number of hydrogen-bond donors (Lipinski definition) is 0. The van der Waals surface area contributed by atoms with Crippen molar-refractivity contribution >= 4 is 32.6 Å². The van der Waals surface area contributed by atoms with Gasteiger partial charge in [0.15, 0.2) is 5.78 Å². The zero-order valence-corrected chi connectivity index (χ0v) is 14.7. The van der Waals surface area contributed by atoms with Crippen LogP contribution in [0.5, 0.6) is 0 Å². The van der Waals surface area contributed by atoms with Crippen LogP contribution in [0, 0.1) is 6.92 Å². The van der Waals surface area contributed by atoms with Crippen molar-refractivity contribution in [2.75, 3.05) is 0 Å². The van der Waals surface area contributed by atoms with Crippen LogP contribution in [0.25, 0.3) is 10.9 Å². The molecule has 0 fully saturated rings. The van der Waals surface area contributed by atoms with Gasteiger partial charge in [-0.2, -0.15) is 0 Å². The van der Waals surface area contributed by atoms with Gasteiger partial charge in [0.05, 0.1) is 5.69 Å². The van der Waals surface area contributed by atoms with E-state index in [9.17, 15) is 4.79 Å². The van der Waals surface area contributed by atoms with Crippen LogP contribution >= 0.6 is 15.9 Å². The Labute approximate surface area is 144 Å². The minimum atomic E-state index is 0.284. The first kappa shape index (κ1) is 14.7. The molecule has 1 aliphatic rings. The maximum atomic E-state index is 12.6. The Kier molecular flexibility index (Phi) is 3.61. The minimum Gasteiger partial charge on any atom is -0.333 e. The van der Waals surface area contributed by atoms with Gasteiger partial charge in [-0.1, -0.05) is 45.8 Å². The quantitative estimate of drug-likeness (QED) is 0.603. The Morgan fingerprint density at radius 1 is 1.13 bits per heavy atom. The summed E-state index contributed by atoms with van der Waals surface area (Å²) in [4.78, 5) is 12.6. The molecule has 0 amide bonds. The van der Waals surface area contributed by atoms with Gasteiger partial charge in [-0.3, -0.25) is 4.79 Å². The molecule has 0 unspecified atom stereocenters. The zero-order chi connectivity index (χ0) is 16.0. The van der Waals surface area contributed by atoms with Crippen LogP contribution in [0.3, 0.4) is 0 Å². The number of benzene rings is 2. The van der Waals surface area contributed by atoms with Crippen molar-refractivity contribution in [1.29, 1.82) is 0 Å². The average Bonchev–Trinajstić information content (AvgIpc) is 2.84. The summed E-state index contributed by atoms with van der Waals surface area (Å²) < 4.78 is 3.30. The molecule has 23 heavy (non-hydrogen) atoms. The Morgan fingerprint density at radius 2 is 1.96 bits per heavy atom. The van der Waals surface area contributed by atoms with Gasteiger partial charge >= 0.3 is 0 Å². The average molecular weight is 368 g/mol. The van der Waals surface area contributed by atoms with Gasteiger partial charge in [0.2, 0.25) is 0 Å². The Hall–Kier alpha value is -1.87. The predicted octanol–water partition coefficient (Wildman–Crippen LogP) is 5.28. The van der Waals surface area contributed by atoms with E-state index in [4.69, 9.17) is 0 Å². The van der Waals surface area contributed by atoms with Crippen LogP contribution in [0.4, 0.5) is 0 Å². The summed E-state index contributed by atoms with van der Waals surface area (Å²) in [7, 11) is 0. The van der Waals surface area contributed by atoms with Crippen LogP contribution in [0.15, 0.2) is 46.9 Å². The third kappa shape index (κ3) is 2.43. The van der Waals surface area contributed by atoms with Crippen molar-refractivity contribution in [3.63, 3.8) is 0 Å². The van der Waals surface area contributed by atoms with Crippen LogP contribution < -0.4 is 0 Å². The van der Waals surface area contributed by atoms with Crippen molar-refractivity contribution in [2.24, 2.45) is 0 Å². The Morgan fingerprint density at radius 3 is 2.78 bits per heavy atom. The first-order valence-electron chi connectivity index (χ1n) is 8.03. The fourth-order valence-electron chi connectivity index (χ4n) is 3.62. The molecule has 4 rings (SSSR count). The van der Waals surface area contributed by atoms with E-state index in [1.54, 1.807) is 0 Å². The Bertz CT molecular complexity index is 923. The summed E-state index contributed by atoms with van der Waals surface area (Å²) in [5.41, 5.74) is 5.79. The van der Waals surface area contributed by atoms with Crippen LogP contribution in [-0.4, -0.2) is 10.4 Å². The number of aryl methyl sites for hydroxylation is 2. The lowest BCUT2D eigenvalue weighted by atomic mass is 9.94. The highest BCUT2D eigenvalue weighted by molar-refractivity contribution is 9.10. The second kappa shape index (κ2) is 5.64. The van der Waals surface area contributed by atoms with E-state index in [1.807, 2.05) is 12.1 Å². The summed E-state index contributed by atoms with van der Waals surface area (Å²) >= 11 is 3.63. The molecule has 0 radical (unpaired) electrons. The van der Waals surface area contributed by atoms with Crippen LogP contribution in [0.1, 0.15) is 40.0 Å². The highest BCUT2D eigenvalue weighted by atomic mass is 79.9. The molecule has 2 nitrogen and oxygen atoms in total. The maximum absolute atomic E-state index is 12.6. The first-order valence-corrected chi connectivity index (χ1v) is 8.83. The van der Waals surface area contributed by atoms with E-state index >= 15 is 0 Å². The normalized spacial score (nSPS) is 14.3. The number of carbonyl (C=O) groups is 1. The third-order valence-electron chi connectivity index (χ3n) is 4.70. The molecule has 0 spiro atoms. The van der Waals surface area contributed by atoms with Gasteiger partial charge in [-0.25, -0.2) is 0 Å². The fourth-order valence-corrected chi connectivity index (χ4v) is 4.03. The fraction of sp³-hybridized carbons (Fsp3) is 0.250. The summed E-state index contributed by atoms with van der Waals surface area (Å²) in [5, 5.41) is 1.25. The van der Waals surface area contributed by atoms with Gasteiger partial charge < -0.3 is 4.57 Å². The smallest absolute Gasteiger partial charge is 0.179 e. The second-order valence-electron chi connectivity index (χ2n) is 6.30. The number of carbonyl (C=O) groups excluding carboxylic acids is 1. The molecule has 1 aliphatic carbocycles. The molecule has 1 aromatic heterocycles. The lowest BCUT2D eigenvalue weighted by molar-refractivity contribution is 0.0964. The second-order valence-corrected chi connectivity index (χ2v) is 7.16. The number of halogens is 1. The molecule has 0 saturated carbocycles. The van der Waals surface area contributed by atoms with Crippen molar-refractivity contribution in [3.05, 3.63) is 69.3 Å². The monoisotopic (exact) mass is 367 g/mol. The van der Waals surface area contributed by atoms with Gasteiger partial charge in [0, 0.05) is 28.3 Å². The molecular weight excluding hydrogens is 350 g/mol. The molecule has 0 aliphatic heterocycles. The number of fused-ring (bicyclic) bond motifs is 3. The number of ketones is 1. The molecule has 0 atom stereocenters. The maximum Gasteiger partial charge on any atom is 0.179 e. The summed E-state index contributed by atoms with van der Waals surface area (Å²) in [5.74, 6) is 0.284. The molecule has 3 aromatic rings. The SMILES string of the molecule is Cc1ccc2c(c1)c1c(n2Cc2ccccc2Br)C(=O)CCC1. The Balaban J connectivity index is 1.97. The third-order valence-corrected chi connectivity index (χ3v) is 5.48. The number of hydrogen-bond acceptors (Lipinski definition) is 1. The van der Waals surface area contributed by atoms with Crippen molar-refractivity contribution < 1.29 is 4.79 Å². The van der Waals surface area contributed by atoms with Crippen molar-refractivity contribution in [3.8, 4) is 0 Å². The molecule has 1 heterocycles. The van der Waals surface area contributed by atoms with E-state index in [0.29, 0.717) is 6.42 Å². The minimum absolute atomic E-state index is 0.284. The lowest BCUT2D eigenvalue weighted by Gasteiger charge is -2.15. The summed E-state index contributed by atoms with van der Waals surface area (Å²) in [6, 6.07) is 14.8. The number of Topliss-reactive ketones (excluding diaryl/α,β-unsaturated/α-hetero) is 1. The zero-order valence-electron chi connectivity index (χ0n) is 13.1. The van der Waals surface area contributed by atoms with Gasteiger partial charge in [-0.05, 0) is 49.1 Å². The largest absolute Gasteiger partial charge is 0.333 e. The molecule has 0 N–H and O–H groups in total. The van der Waals surface area contributed by atoms with Crippen LogP contribution in [0.2, 0.25) is 0 Å². The molecular formula is C20H18BrNO. The molecule has 0 saturated heterocycles. The van der Waals surface area contributed by atoms with Crippen molar-refractivity contribution in [1.82, 2.24) is 4.57 Å². The number of aromatic nitrogens is 1. The molecule has 3 heteroatoms. The van der Waals surface area contributed by atoms with Crippen molar-refractivity contribution in [2.45, 2.75) is 32.7 Å². The van der Waals surface area contributed by atoms with Gasteiger partial charge in [-0.15, -0.1) is 0 Å². The van der Waals surface area contributed by atoms with E-state index in [2.05, 4.69) is 57.8 Å². The molecule has 0 bridgehead atoms. The highest BCUT2D eigenvalue weighted by Crippen LogP contribution is 2.34. The molecule has 116 valence electrons. The topological polar surface area (TPSA) is 22.0 Å².